The van der Waals surface area contributed by atoms with Crippen LogP contribution in [0.15, 0.2) is 24.3 Å². The molecule has 0 amide bonds. The second kappa shape index (κ2) is 8.84. The number of nitrogens with zero attached hydrogens (tertiary/aromatic N) is 2. The summed E-state index contributed by atoms with van der Waals surface area (Å²) < 4.78 is 13.6. The zero-order valence-electron chi connectivity index (χ0n) is 16.0. The number of methoxy groups -OCH3 is 1. The molecule has 2 aromatic rings. The van der Waals surface area contributed by atoms with Crippen LogP contribution in [0.5, 0.6) is 11.5 Å². The fourth-order valence-electron chi connectivity index (χ4n) is 3.03. The van der Waals surface area contributed by atoms with Gasteiger partial charge in [0.25, 0.3) is 0 Å². The average molecular weight is 373 g/mol. The lowest BCUT2D eigenvalue weighted by atomic mass is 10.1. The van der Waals surface area contributed by atoms with Crippen molar-refractivity contribution in [2.24, 2.45) is 0 Å². The van der Waals surface area contributed by atoms with Crippen molar-refractivity contribution in [1.29, 1.82) is 5.26 Å². The van der Waals surface area contributed by atoms with Crippen LogP contribution < -0.4 is 14.4 Å². The number of quaternary nitrogens is 1. The first-order valence-electron chi connectivity index (χ1n) is 8.63. The molecule has 1 unspecified atom stereocenters. The number of aromatic nitrogens is 1. The van der Waals surface area contributed by atoms with E-state index in [1.807, 2.05) is 43.5 Å². The van der Waals surface area contributed by atoms with E-state index in [0.29, 0.717) is 23.5 Å². The van der Waals surface area contributed by atoms with E-state index in [1.54, 1.807) is 7.11 Å². The molecule has 6 heteroatoms. The largest absolute Gasteiger partial charge is 0.493 e. The minimum Gasteiger partial charge on any atom is -0.493 e. The minimum atomic E-state index is 0.584. The molecule has 1 aromatic carbocycles. The van der Waals surface area contributed by atoms with Crippen molar-refractivity contribution in [2.45, 2.75) is 34.0 Å². The number of nitrogens with one attached hydrogen (secondary N) is 1. The third-order valence-corrected chi connectivity index (χ3v) is 4.70. The van der Waals surface area contributed by atoms with Crippen molar-refractivity contribution >= 4 is 12.2 Å². The molecule has 2 rings (SSSR count). The lowest BCUT2D eigenvalue weighted by Gasteiger charge is -2.20. The van der Waals surface area contributed by atoms with E-state index in [-0.39, 0.29) is 0 Å². The van der Waals surface area contributed by atoms with Crippen LogP contribution in [0.2, 0.25) is 0 Å². The molecular formula is C20H26N3O2S+. The molecule has 0 spiro atoms. The van der Waals surface area contributed by atoms with Crippen LogP contribution in [0.1, 0.15) is 29.3 Å². The molecule has 0 fully saturated rings. The lowest BCUT2D eigenvalue weighted by Crippen LogP contribution is -3.07. The number of benzene rings is 1. The van der Waals surface area contributed by atoms with Gasteiger partial charge in [0.1, 0.15) is 17.3 Å². The fourth-order valence-corrected chi connectivity index (χ4v) is 3.45. The summed E-state index contributed by atoms with van der Waals surface area (Å²) in [5, 5.41) is 9.35. The predicted molar refractivity (Wildman–Crippen MR) is 104 cm³/mol. The fraction of sp³-hybridized carbons (Fsp3) is 0.400. The van der Waals surface area contributed by atoms with Crippen LogP contribution in [-0.4, -0.2) is 25.3 Å². The maximum Gasteiger partial charge on any atom is 0.161 e. The molecule has 26 heavy (non-hydrogen) atoms. The van der Waals surface area contributed by atoms with Gasteiger partial charge in [-0.25, -0.2) is 0 Å². The highest BCUT2D eigenvalue weighted by molar-refractivity contribution is 7.71. The van der Waals surface area contributed by atoms with Gasteiger partial charge in [0, 0.05) is 11.3 Å². The average Bonchev–Trinajstić information content (AvgIpc) is 2.60. The Morgan fingerprint density at radius 1 is 1.23 bits per heavy atom. The smallest absolute Gasteiger partial charge is 0.161 e. The second-order valence-electron chi connectivity index (χ2n) is 6.40. The number of hydrogen-bond acceptors (Lipinski definition) is 4. The first-order chi connectivity index (χ1) is 12.4. The van der Waals surface area contributed by atoms with E-state index in [4.69, 9.17) is 21.7 Å². The van der Waals surface area contributed by atoms with Crippen LogP contribution >= 0.6 is 12.2 Å². The summed E-state index contributed by atoms with van der Waals surface area (Å²) in [6.07, 6.45) is 0. The third-order valence-electron chi connectivity index (χ3n) is 4.28. The van der Waals surface area contributed by atoms with Crippen molar-refractivity contribution in [2.75, 3.05) is 20.8 Å². The molecule has 0 aliphatic heterocycles. The zero-order valence-corrected chi connectivity index (χ0v) is 16.9. The van der Waals surface area contributed by atoms with Crippen molar-refractivity contribution in [3.05, 3.63) is 51.3 Å². The van der Waals surface area contributed by atoms with E-state index in [1.165, 1.54) is 4.90 Å². The number of nitriles is 1. The quantitative estimate of drug-likeness (QED) is 0.760. The molecule has 1 N–H and O–H groups in total. The van der Waals surface area contributed by atoms with Gasteiger partial charge in [0.05, 0.1) is 26.3 Å². The Bertz CT molecular complexity index is 884. The minimum absolute atomic E-state index is 0.584. The molecule has 1 aromatic heterocycles. The molecule has 0 bridgehead atoms. The number of pyridine rings is 1. The van der Waals surface area contributed by atoms with Gasteiger partial charge >= 0.3 is 0 Å². The summed E-state index contributed by atoms with van der Waals surface area (Å²) in [5.74, 6) is 1.50. The maximum absolute atomic E-state index is 9.35. The Hall–Kier alpha value is -2.36. The SMILES string of the molecule is CCOc1ccc(C[NH+](C)Cn2c(C)cc(C)c(C#N)c2=S)cc1OC. The molecule has 0 saturated heterocycles. The van der Waals surface area contributed by atoms with E-state index in [9.17, 15) is 5.26 Å². The van der Waals surface area contributed by atoms with Crippen molar-refractivity contribution in [3.63, 3.8) is 0 Å². The Balaban J connectivity index is 2.21. The van der Waals surface area contributed by atoms with E-state index < -0.39 is 0 Å². The molecule has 138 valence electrons. The lowest BCUT2D eigenvalue weighted by molar-refractivity contribution is -0.917. The highest BCUT2D eigenvalue weighted by atomic mass is 32.1. The summed E-state index contributed by atoms with van der Waals surface area (Å²) >= 11 is 5.53. The molecule has 0 saturated carbocycles. The number of rotatable bonds is 7. The Morgan fingerprint density at radius 2 is 1.96 bits per heavy atom. The maximum atomic E-state index is 9.35. The van der Waals surface area contributed by atoms with E-state index in [0.717, 1.165) is 34.9 Å². The highest BCUT2D eigenvalue weighted by Gasteiger charge is 2.13. The number of ether oxygens (including phenoxy) is 2. The van der Waals surface area contributed by atoms with Gasteiger partial charge in [-0.1, -0.05) is 12.2 Å². The van der Waals surface area contributed by atoms with Gasteiger partial charge in [-0.05, 0) is 50.6 Å². The molecule has 0 aliphatic carbocycles. The van der Waals surface area contributed by atoms with Crippen molar-refractivity contribution in [1.82, 2.24) is 4.57 Å². The molecular weight excluding hydrogens is 346 g/mol. The summed E-state index contributed by atoms with van der Waals surface area (Å²) in [6, 6.07) is 10.2. The first-order valence-corrected chi connectivity index (χ1v) is 9.04. The van der Waals surface area contributed by atoms with Crippen LogP contribution in [-0.2, 0) is 13.2 Å². The molecule has 5 nitrogen and oxygen atoms in total. The van der Waals surface area contributed by atoms with Crippen molar-refractivity contribution in [3.8, 4) is 17.6 Å². The normalized spacial score (nSPS) is 11.7. The van der Waals surface area contributed by atoms with Gasteiger partial charge in [-0.15, -0.1) is 0 Å². The van der Waals surface area contributed by atoms with Crippen LogP contribution in [0.3, 0.4) is 0 Å². The van der Waals surface area contributed by atoms with Gasteiger partial charge in [0.15, 0.2) is 18.2 Å². The van der Waals surface area contributed by atoms with Crippen LogP contribution in [0, 0.1) is 29.8 Å². The van der Waals surface area contributed by atoms with Gasteiger partial charge in [-0.3, -0.25) is 4.57 Å². The summed E-state index contributed by atoms with van der Waals surface area (Å²) in [6.45, 7) is 8.00. The van der Waals surface area contributed by atoms with Gasteiger partial charge < -0.3 is 14.4 Å². The molecule has 0 aliphatic rings. The Labute approximate surface area is 160 Å². The van der Waals surface area contributed by atoms with Crippen LogP contribution in [0.4, 0.5) is 0 Å². The third kappa shape index (κ3) is 4.43. The molecule has 0 radical (unpaired) electrons. The Morgan fingerprint density at radius 3 is 2.58 bits per heavy atom. The summed E-state index contributed by atoms with van der Waals surface area (Å²) in [4.78, 5) is 1.25. The highest BCUT2D eigenvalue weighted by Crippen LogP contribution is 2.27. The van der Waals surface area contributed by atoms with Crippen molar-refractivity contribution < 1.29 is 14.4 Å². The van der Waals surface area contributed by atoms with E-state index >= 15 is 0 Å². The number of hydrogen-bond donors (Lipinski definition) is 1. The van der Waals surface area contributed by atoms with Crippen LogP contribution in [0.25, 0.3) is 0 Å². The topological polar surface area (TPSA) is 51.6 Å². The monoisotopic (exact) mass is 372 g/mol. The van der Waals surface area contributed by atoms with Gasteiger partial charge in [0.2, 0.25) is 0 Å². The first kappa shape index (κ1) is 20.0. The Kier molecular flexibility index (Phi) is 6.78. The number of aryl methyl sites for hydroxylation is 2. The summed E-state index contributed by atoms with van der Waals surface area (Å²) in [5.41, 5.74) is 3.73. The molecule has 1 heterocycles. The predicted octanol–water partition coefficient (Wildman–Crippen LogP) is 2.79. The summed E-state index contributed by atoms with van der Waals surface area (Å²) in [7, 11) is 3.76. The van der Waals surface area contributed by atoms with E-state index in [2.05, 4.69) is 19.2 Å². The standard InChI is InChI=1S/C20H25N3O2S/c1-6-25-18-8-7-16(10-19(18)24-5)12-22(4)13-23-15(3)9-14(2)17(11-21)20(23)26/h7-10H,6,12-13H2,1-5H3/p+1. The molecule has 1 atom stereocenters. The second-order valence-corrected chi connectivity index (χ2v) is 6.79. The van der Waals surface area contributed by atoms with Gasteiger partial charge in [-0.2, -0.15) is 5.26 Å². The zero-order chi connectivity index (χ0) is 19.3.